The van der Waals surface area contributed by atoms with Crippen LogP contribution in [-0.4, -0.2) is 8.42 Å². The second kappa shape index (κ2) is 4.28. The van der Waals surface area contributed by atoms with E-state index in [2.05, 4.69) is 4.72 Å². The smallest absolute Gasteiger partial charge is 0.254 e. The van der Waals surface area contributed by atoms with Crippen molar-refractivity contribution in [2.75, 3.05) is 4.72 Å². The topological polar surface area (TPSA) is 46.2 Å². The van der Waals surface area contributed by atoms with E-state index in [0.29, 0.717) is 5.69 Å². The summed E-state index contributed by atoms with van der Waals surface area (Å²) in [6, 6.07) is 7.24. The number of aryl methyl sites for hydroxylation is 1. The van der Waals surface area contributed by atoms with Crippen LogP contribution >= 0.6 is 0 Å². The van der Waals surface area contributed by atoms with Gasteiger partial charge in [-0.25, -0.2) is 8.42 Å². The number of hydrogen-bond donors (Lipinski definition) is 1. The first-order valence-electron chi connectivity index (χ1n) is 4.26. The van der Waals surface area contributed by atoms with E-state index < -0.39 is 10.0 Å². The van der Waals surface area contributed by atoms with Crippen LogP contribution in [-0.2, 0) is 10.0 Å². The molecule has 0 amide bonds. The van der Waals surface area contributed by atoms with Crippen molar-refractivity contribution in [2.45, 2.75) is 13.8 Å². The maximum atomic E-state index is 11.4. The zero-order valence-corrected chi connectivity index (χ0v) is 9.01. The summed E-state index contributed by atoms with van der Waals surface area (Å²) in [5.74, 6) is 0. The molecule has 0 spiro atoms. The highest BCUT2D eigenvalue weighted by molar-refractivity contribution is 7.95. The Balaban J connectivity index is 2.95. The third-order valence-corrected chi connectivity index (χ3v) is 2.85. The van der Waals surface area contributed by atoms with Crippen molar-refractivity contribution in [3.8, 4) is 0 Å². The molecule has 0 aromatic heterocycles. The predicted molar refractivity (Wildman–Crippen MR) is 58.5 cm³/mol. The van der Waals surface area contributed by atoms with Crippen LogP contribution in [0.3, 0.4) is 0 Å². The molecule has 0 saturated carbocycles. The van der Waals surface area contributed by atoms with Crippen molar-refractivity contribution in [2.24, 2.45) is 0 Å². The van der Waals surface area contributed by atoms with Crippen molar-refractivity contribution >= 4 is 15.7 Å². The average molecular weight is 211 g/mol. The third-order valence-electron chi connectivity index (χ3n) is 1.71. The minimum Gasteiger partial charge on any atom is -0.280 e. The van der Waals surface area contributed by atoms with Crippen LogP contribution in [0.4, 0.5) is 5.69 Å². The van der Waals surface area contributed by atoms with E-state index in [1.165, 1.54) is 6.08 Å². The van der Waals surface area contributed by atoms with Gasteiger partial charge >= 0.3 is 0 Å². The second-order valence-electron chi connectivity index (χ2n) is 2.93. The normalized spacial score (nSPS) is 11.9. The third kappa shape index (κ3) is 2.88. The van der Waals surface area contributed by atoms with E-state index in [-0.39, 0.29) is 0 Å². The highest BCUT2D eigenvalue weighted by Crippen LogP contribution is 2.15. The maximum absolute atomic E-state index is 11.4. The van der Waals surface area contributed by atoms with Gasteiger partial charge in [0.05, 0.1) is 5.69 Å². The van der Waals surface area contributed by atoms with Crippen LogP contribution in [0.1, 0.15) is 12.5 Å². The summed E-state index contributed by atoms with van der Waals surface area (Å²) in [4.78, 5) is 0. The van der Waals surface area contributed by atoms with E-state index >= 15 is 0 Å². The van der Waals surface area contributed by atoms with Crippen LogP contribution in [0, 0.1) is 6.92 Å². The first-order valence-corrected chi connectivity index (χ1v) is 5.81. The number of para-hydroxylation sites is 1. The molecular formula is C10H13NO2S. The molecule has 0 aliphatic heterocycles. The molecule has 0 radical (unpaired) electrons. The minimum atomic E-state index is -3.34. The molecule has 0 heterocycles. The summed E-state index contributed by atoms with van der Waals surface area (Å²) in [6.07, 6.45) is 1.49. The molecule has 76 valence electrons. The van der Waals surface area contributed by atoms with E-state index in [0.717, 1.165) is 11.0 Å². The van der Waals surface area contributed by atoms with Gasteiger partial charge in [-0.15, -0.1) is 0 Å². The Morgan fingerprint density at radius 3 is 2.50 bits per heavy atom. The predicted octanol–water partition coefficient (Wildman–Crippen LogP) is 2.27. The fourth-order valence-corrected chi connectivity index (χ4v) is 2.02. The molecule has 0 bridgehead atoms. The molecule has 0 atom stereocenters. The molecule has 14 heavy (non-hydrogen) atoms. The first kappa shape index (κ1) is 10.8. The summed E-state index contributed by atoms with van der Waals surface area (Å²) in [5, 5.41) is 1.14. The van der Waals surface area contributed by atoms with Crippen molar-refractivity contribution in [1.82, 2.24) is 0 Å². The van der Waals surface area contributed by atoms with E-state index in [4.69, 9.17) is 0 Å². The van der Waals surface area contributed by atoms with Gasteiger partial charge in [0.25, 0.3) is 10.0 Å². The molecule has 1 aromatic carbocycles. The Morgan fingerprint density at radius 2 is 1.93 bits per heavy atom. The van der Waals surface area contributed by atoms with Gasteiger partial charge in [-0.2, -0.15) is 0 Å². The maximum Gasteiger partial charge on any atom is 0.254 e. The zero-order valence-electron chi connectivity index (χ0n) is 8.19. The first-order chi connectivity index (χ1) is 6.55. The number of benzene rings is 1. The Hall–Kier alpha value is -1.29. The second-order valence-corrected chi connectivity index (χ2v) is 4.50. The average Bonchev–Trinajstić information content (AvgIpc) is 2.08. The van der Waals surface area contributed by atoms with Crippen molar-refractivity contribution in [1.29, 1.82) is 0 Å². The summed E-state index contributed by atoms with van der Waals surface area (Å²) in [6.45, 7) is 3.52. The number of nitrogens with one attached hydrogen (secondary N) is 1. The minimum absolute atomic E-state index is 0.616. The van der Waals surface area contributed by atoms with Gasteiger partial charge in [0.15, 0.2) is 0 Å². The fraction of sp³-hybridized carbons (Fsp3) is 0.200. The van der Waals surface area contributed by atoms with Gasteiger partial charge in [0, 0.05) is 5.41 Å². The van der Waals surface area contributed by atoms with Crippen LogP contribution in [0.5, 0.6) is 0 Å². The summed E-state index contributed by atoms with van der Waals surface area (Å²) >= 11 is 0. The van der Waals surface area contributed by atoms with Gasteiger partial charge in [-0.1, -0.05) is 24.3 Å². The molecule has 1 rings (SSSR count). The lowest BCUT2D eigenvalue weighted by Crippen LogP contribution is -2.09. The van der Waals surface area contributed by atoms with Gasteiger partial charge in [-0.3, -0.25) is 4.72 Å². The number of allylic oxidation sites excluding steroid dienone is 1. The lowest BCUT2D eigenvalue weighted by Gasteiger charge is -2.06. The van der Waals surface area contributed by atoms with E-state index in [9.17, 15) is 8.42 Å². The number of rotatable bonds is 3. The van der Waals surface area contributed by atoms with E-state index in [1.54, 1.807) is 19.1 Å². The van der Waals surface area contributed by atoms with Crippen molar-refractivity contribution in [3.05, 3.63) is 41.3 Å². The van der Waals surface area contributed by atoms with Crippen molar-refractivity contribution < 1.29 is 8.42 Å². The Kier molecular flexibility index (Phi) is 3.30. The number of hydrogen-bond acceptors (Lipinski definition) is 2. The summed E-state index contributed by atoms with van der Waals surface area (Å²) in [7, 11) is -3.34. The highest BCUT2D eigenvalue weighted by atomic mass is 32.2. The molecule has 3 nitrogen and oxygen atoms in total. The fourth-order valence-electron chi connectivity index (χ4n) is 1.05. The number of sulfonamides is 1. The molecule has 0 unspecified atom stereocenters. The molecule has 4 heteroatoms. The standard InChI is InChI=1S/C10H13NO2S/c1-3-8-14(12,13)11-10-7-5-4-6-9(10)2/h3-8,11H,1-2H3/b8-3-. The Morgan fingerprint density at radius 1 is 1.29 bits per heavy atom. The molecule has 0 saturated heterocycles. The number of anilines is 1. The Bertz CT molecular complexity index is 435. The molecule has 1 aromatic rings. The zero-order chi connectivity index (χ0) is 10.6. The lowest BCUT2D eigenvalue weighted by molar-refractivity contribution is 0.609. The monoisotopic (exact) mass is 211 g/mol. The van der Waals surface area contributed by atoms with Gasteiger partial charge in [0.1, 0.15) is 0 Å². The van der Waals surface area contributed by atoms with E-state index in [1.807, 2.05) is 19.1 Å². The summed E-state index contributed by atoms with van der Waals surface area (Å²) < 4.78 is 25.2. The van der Waals surface area contributed by atoms with Crippen LogP contribution in [0.15, 0.2) is 35.7 Å². The van der Waals surface area contributed by atoms with Crippen LogP contribution in [0.2, 0.25) is 0 Å². The highest BCUT2D eigenvalue weighted by Gasteiger charge is 2.05. The molecule has 1 N–H and O–H groups in total. The molecule has 0 aliphatic carbocycles. The SMILES string of the molecule is C/C=C\S(=O)(=O)Nc1ccccc1C. The Labute approximate surface area is 84.5 Å². The lowest BCUT2D eigenvalue weighted by atomic mass is 10.2. The van der Waals surface area contributed by atoms with Gasteiger partial charge in [-0.05, 0) is 25.5 Å². The van der Waals surface area contributed by atoms with Crippen LogP contribution < -0.4 is 4.72 Å². The summed E-state index contributed by atoms with van der Waals surface area (Å²) in [5.41, 5.74) is 1.52. The molecule has 0 aliphatic rings. The molecular weight excluding hydrogens is 198 g/mol. The quantitative estimate of drug-likeness (QED) is 0.833. The van der Waals surface area contributed by atoms with Gasteiger partial charge < -0.3 is 0 Å². The van der Waals surface area contributed by atoms with Crippen LogP contribution in [0.25, 0.3) is 0 Å². The van der Waals surface area contributed by atoms with Gasteiger partial charge in [0.2, 0.25) is 0 Å². The van der Waals surface area contributed by atoms with Crippen molar-refractivity contribution in [3.63, 3.8) is 0 Å². The molecule has 0 fully saturated rings. The largest absolute Gasteiger partial charge is 0.280 e.